The van der Waals surface area contributed by atoms with E-state index in [9.17, 15) is 4.79 Å². The van der Waals surface area contributed by atoms with Crippen molar-refractivity contribution >= 4 is 11.6 Å². The maximum Gasteiger partial charge on any atom is 0.269 e. The Balaban J connectivity index is 1.31. The molecular weight excluding hydrogens is 314 g/mol. The third-order valence-corrected chi connectivity index (χ3v) is 5.72. The van der Waals surface area contributed by atoms with Gasteiger partial charge < -0.3 is 10.2 Å². The molecule has 1 saturated carbocycles. The van der Waals surface area contributed by atoms with Gasteiger partial charge in [-0.25, -0.2) is 0 Å². The molecule has 2 aliphatic heterocycles. The van der Waals surface area contributed by atoms with Crippen LogP contribution in [-0.2, 0) is 16.2 Å². The molecule has 1 unspecified atom stereocenters. The molecule has 1 spiro atoms. The van der Waals surface area contributed by atoms with Crippen molar-refractivity contribution in [2.75, 3.05) is 19.6 Å². The molecule has 1 amide bonds. The van der Waals surface area contributed by atoms with Crippen LogP contribution < -0.4 is 5.32 Å². The van der Waals surface area contributed by atoms with Crippen LogP contribution in [0.25, 0.3) is 0 Å². The van der Waals surface area contributed by atoms with Crippen molar-refractivity contribution in [3.8, 4) is 0 Å². The molecule has 1 aromatic carbocycles. The first-order valence-corrected chi connectivity index (χ1v) is 9.35. The Hall–Kier alpha value is -1.88. The van der Waals surface area contributed by atoms with E-state index in [4.69, 9.17) is 4.84 Å². The van der Waals surface area contributed by atoms with Gasteiger partial charge in [-0.2, -0.15) is 0 Å². The third kappa shape index (κ3) is 3.71. The maximum atomic E-state index is 12.2. The molecule has 2 heterocycles. The average Bonchev–Trinajstić information content (AvgIpc) is 3.22. The molecule has 5 nitrogen and oxygen atoms in total. The summed E-state index contributed by atoms with van der Waals surface area (Å²) in [6.07, 6.45) is 4.04. The van der Waals surface area contributed by atoms with Crippen LogP contribution in [0, 0.1) is 19.8 Å². The van der Waals surface area contributed by atoms with E-state index >= 15 is 0 Å². The molecule has 0 bridgehead atoms. The summed E-state index contributed by atoms with van der Waals surface area (Å²) in [6, 6.07) is 6.66. The Morgan fingerprint density at radius 2 is 2.20 bits per heavy atom. The van der Waals surface area contributed by atoms with Crippen LogP contribution >= 0.6 is 0 Å². The quantitative estimate of drug-likeness (QED) is 0.895. The number of hydrogen-bond donors (Lipinski definition) is 1. The minimum absolute atomic E-state index is 0.0450. The molecule has 0 radical (unpaired) electrons. The summed E-state index contributed by atoms with van der Waals surface area (Å²) >= 11 is 0. The van der Waals surface area contributed by atoms with Gasteiger partial charge in [0.15, 0.2) is 5.60 Å². The molecule has 1 N–H and O–H groups in total. The van der Waals surface area contributed by atoms with E-state index in [-0.39, 0.29) is 11.5 Å². The fourth-order valence-corrected chi connectivity index (χ4v) is 3.75. The first kappa shape index (κ1) is 16.6. The molecule has 1 atom stereocenters. The lowest BCUT2D eigenvalue weighted by molar-refractivity contribution is -0.115. The highest BCUT2D eigenvalue weighted by molar-refractivity contribution is 6.39. The van der Waals surface area contributed by atoms with Crippen LogP contribution in [-0.4, -0.2) is 41.8 Å². The van der Waals surface area contributed by atoms with Gasteiger partial charge in [0, 0.05) is 39.0 Å². The summed E-state index contributed by atoms with van der Waals surface area (Å²) in [5.74, 6) is 0.636. The Kier molecular flexibility index (Phi) is 4.28. The van der Waals surface area contributed by atoms with E-state index in [0.29, 0.717) is 18.1 Å². The molecule has 2 fully saturated rings. The van der Waals surface area contributed by atoms with Gasteiger partial charge in [0.05, 0.1) is 0 Å². The largest absolute Gasteiger partial charge is 0.387 e. The van der Waals surface area contributed by atoms with Crippen LogP contribution in [0.2, 0.25) is 0 Å². The van der Waals surface area contributed by atoms with Crippen LogP contribution in [0.5, 0.6) is 0 Å². The third-order valence-electron chi connectivity index (χ3n) is 5.72. The van der Waals surface area contributed by atoms with E-state index in [0.717, 1.165) is 32.6 Å². The van der Waals surface area contributed by atoms with Crippen LogP contribution in [0.15, 0.2) is 23.4 Å². The summed E-state index contributed by atoms with van der Waals surface area (Å²) < 4.78 is 0. The zero-order valence-corrected chi connectivity index (χ0v) is 15.2. The number of nitrogens with zero attached hydrogens (tertiary/aromatic N) is 2. The first-order valence-electron chi connectivity index (χ1n) is 9.35. The minimum Gasteiger partial charge on any atom is -0.387 e. The molecule has 0 aromatic heterocycles. The highest BCUT2D eigenvalue weighted by Gasteiger charge is 2.46. The topological polar surface area (TPSA) is 53.9 Å². The lowest BCUT2D eigenvalue weighted by atomic mass is 9.96. The highest BCUT2D eigenvalue weighted by atomic mass is 16.7. The summed E-state index contributed by atoms with van der Waals surface area (Å²) in [4.78, 5) is 20.4. The summed E-state index contributed by atoms with van der Waals surface area (Å²) in [5.41, 5.74) is 4.26. The number of amides is 1. The number of carbonyl (C=O) groups is 1. The van der Waals surface area contributed by atoms with Gasteiger partial charge in [0.2, 0.25) is 0 Å². The second-order valence-corrected chi connectivity index (χ2v) is 8.02. The van der Waals surface area contributed by atoms with Crippen molar-refractivity contribution in [2.45, 2.75) is 51.7 Å². The Bertz CT molecular complexity index is 711. The van der Waals surface area contributed by atoms with Crippen molar-refractivity contribution in [3.05, 3.63) is 34.9 Å². The van der Waals surface area contributed by atoms with Gasteiger partial charge in [0.25, 0.3) is 5.91 Å². The van der Waals surface area contributed by atoms with Gasteiger partial charge in [-0.1, -0.05) is 23.4 Å². The van der Waals surface area contributed by atoms with Crippen molar-refractivity contribution in [3.63, 3.8) is 0 Å². The molecule has 1 aromatic rings. The number of benzene rings is 1. The molecule has 5 heteroatoms. The minimum atomic E-state index is -0.300. The monoisotopic (exact) mass is 341 g/mol. The first-order chi connectivity index (χ1) is 12.0. The Morgan fingerprint density at radius 1 is 1.36 bits per heavy atom. The van der Waals surface area contributed by atoms with Crippen LogP contribution in [0.3, 0.4) is 0 Å². The molecular formula is C20H27N3O2. The smallest absolute Gasteiger partial charge is 0.269 e. The lowest BCUT2D eigenvalue weighted by Gasteiger charge is -2.22. The van der Waals surface area contributed by atoms with E-state index in [1.165, 1.54) is 29.5 Å². The Labute approximate surface area is 149 Å². The van der Waals surface area contributed by atoms with Crippen molar-refractivity contribution < 1.29 is 9.63 Å². The van der Waals surface area contributed by atoms with Crippen LogP contribution in [0.4, 0.5) is 0 Å². The van der Waals surface area contributed by atoms with Gasteiger partial charge in [-0.05, 0) is 49.3 Å². The van der Waals surface area contributed by atoms with Crippen LogP contribution in [0.1, 0.15) is 42.4 Å². The summed E-state index contributed by atoms with van der Waals surface area (Å²) in [7, 11) is 0. The van der Waals surface area contributed by atoms with Gasteiger partial charge in [-0.3, -0.25) is 9.69 Å². The fourth-order valence-electron chi connectivity index (χ4n) is 3.75. The SMILES string of the molecule is Cc1ccc(CN2CCC3(CC(C(=O)NCC4CC4)=NO3)C2)cc1C. The van der Waals surface area contributed by atoms with Crippen molar-refractivity contribution in [1.29, 1.82) is 0 Å². The second kappa shape index (κ2) is 6.45. The van der Waals surface area contributed by atoms with Gasteiger partial charge >= 0.3 is 0 Å². The molecule has 4 rings (SSSR count). The highest BCUT2D eigenvalue weighted by Crippen LogP contribution is 2.35. The standard InChI is InChI=1S/C20H27N3O2/c1-14-3-4-17(9-15(14)2)12-23-8-7-20(13-23)10-18(22-25-20)19(24)21-11-16-5-6-16/h3-4,9,16H,5-8,10-13H2,1-2H3,(H,21,24). The molecule has 1 aliphatic carbocycles. The lowest BCUT2D eigenvalue weighted by Crippen LogP contribution is -2.37. The molecule has 25 heavy (non-hydrogen) atoms. The maximum absolute atomic E-state index is 12.2. The molecule has 3 aliphatic rings. The summed E-state index contributed by atoms with van der Waals surface area (Å²) in [5, 5.41) is 7.11. The number of aryl methyl sites for hydroxylation is 2. The number of likely N-dealkylation sites (tertiary alicyclic amines) is 1. The molecule has 1 saturated heterocycles. The number of carbonyl (C=O) groups excluding carboxylic acids is 1. The normalized spacial score (nSPS) is 25.9. The average molecular weight is 341 g/mol. The van der Waals surface area contributed by atoms with E-state index in [2.05, 4.69) is 47.4 Å². The van der Waals surface area contributed by atoms with E-state index < -0.39 is 0 Å². The predicted molar refractivity (Wildman–Crippen MR) is 97.4 cm³/mol. The van der Waals surface area contributed by atoms with Crippen molar-refractivity contribution in [2.24, 2.45) is 11.1 Å². The number of nitrogens with one attached hydrogen (secondary N) is 1. The van der Waals surface area contributed by atoms with Crippen molar-refractivity contribution in [1.82, 2.24) is 10.2 Å². The number of oxime groups is 1. The van der Waals surface area contributed by atoms with E-state index in [1.807, 2.05) is 0 Å². The zero-order chi connectivity index (χ0) is 17.4. The zero-order valence-electron chi connectivity index (χ0n) is 15.2. The number of hydrogen-bond acceptors (Lipinski definition) is 4. The van der Waals surface area contributed by atoms with E-state index in [1.54, 1.807) is 0 Å². The predicted octanol–water partition coefficient (Wildman–Crippen LogP) is 2.55. The van der Waals surface area contributed by atoms with Gasteiger partial charge in [-0.15, -0.1) is 0 Å². The Morgan fingerprint density at radius 3 is 2.96 bits per heavy atom. The summed E-state index contributed by atoms with van der Waals surface area (Å²) in [6.45, 7) is 7.83. The van der Waals surface area contributed by atoms with Gasteiger partial charge in [0.1, 0.15) is 5.71 Å². The fraction of sp³-hybridized carbons (Fsp3) is 0.600. The second-order valence-electron chi connectivity index (χ2n) is 8.02. The molecule has 134 valence electrons. The number of rotatable bonds is 5.